The third kappa shape index (κ3) is 7.80. The van der Waals surface area contributed by atoms with Crippen molar-refractivity contribution in [1.82, 2.24) is 19.9 Å². The van der Waals surface area contributed by atoms with E-state index in [2.05, 4.69) is 20.9 Å². The van der Waals surface area contributed by atoms with Gasteiger partial charge in [0.25, 0.3) is 0 Å². The van der Waals surface area contributed by atoms with Crippen LogP contribution >= 0.6 is 0 Å². The van der Waals surface area contributed by atoms with E-state index in [-0.39, 0.29) is 45.6 Å². The predicted molar refractivity (Wildman–Crippen MR) is 205 cm³/mol. The van der Waals surface area contributed by atoms with Gasteiger partial charge in [-0.15, -0.1) is 0 Å². The maximum Gasteiger partial charge on any atom is 0.410 e. The van der Waals surface area contributed by atoms with Gasteiger partial charge in [-0.3, -0.25) is 4.90 Å². The van der Waals surface area contributed by atoms with Gasteiger partial charge < -0.3 is 24.0 Å². The number of ether oxygens (including phenoxy) is 3. The zero-order valence-corrected chi connectivity index (χ0v) is 31.8. The normalized spacial score (nSPS) is 16.6. The van der Waals surface area contributed by atoms with Gasteiger partial charge in [0.05, 0.1) is 49.2 Å². The van der Waals surface area contributed by atoms with Gasteiger partial charge in [0, 0.05) is 31.6 Å². The molecule has 11 nitrogen and oxygen atoms in total. The van der Waals surface area contributed by atoms with Crippen molar-refractivity contribution in [3.63, 3.8) is 0 Å². The van der Waals surface area contributed by atoms with Crippen LogP contribution in [0.15, 0.2) is 66.7 Å². The number of amides is 1. The van der Waals surface area contributed by atoms with Crippen LogP contribution in [0.2, 0.25) is 0 Å². The third-order valence-corrected chi connectivity index (χ3v) is 9.99. The number of rotatable bonds is 9. The summed E-state index contributed by atoms with van der Waals surface area (Å²) in [6, 6.07) is 22.3. The number of benzene rings is 3. The van der Waals surface area contributed by atoms with E-state index < -0.39 is 23.6 Å². The number of carbonyl (C=O) groups excluding carboxylic acids is 1. The predicted octanol–water partition coefficient (Wildman–Crippen LogP) is 7.96. The van der Waals surface area contributed by atoms with Crippen LogP contribution in [0, 0.1) is 30.2 Å². The molecule has 13 heteroatoms. The summed E-state index contributed by atoms with van der Waals surface area (Å²) in [6.45, 7) is 8.95. The second-order valence-electron chi connectivity index (χ2n) is 15.1. The highest BCUT2D eigenvalue weighted by atomic mass is 19.1. The van der Waals surface area contributed by atoms with Crippen LogP contribution in [-0.4, -0.2) is 70.9 Å². The molecule has 2 fully saturated rings. The van der Waals surface area contributed by atoms with E-state index in [1.165, 1.54) is 6.07 Å². The number of fused-ring (bicyclic) bond motifs is 3. The number of nitriles is 1. The van der Waals surface area contributed by atoms with Crippen molar-refractivity contribution < 1.29 is 27.8 Å². The highest BCUT2D eigenvalue weighted by Gasteiger charge is 2.45. The van der Waals surface area contributed by atoms with Gasteiger partial charge in [-0.05, 0) is 99.7 Å². The number of hydrogen-bond acceptors (Lipinski definition) is 10. The van der Waals surface area contributed by atoms with Crippen LogP contribution in [0.4, 0.5) is 25.2 Å². The summed E-state index contributed by atoms with van der Waals surface area (Å²) < 4.78 is 48.6. The van der Waals surface area contributed by atoms with E-state index in [1.807, 2.05) is 87.2 Å². The number of aromatic nitrogens is 3. The molecule has 2 aliphatic heterocycles. The Morgan fingerprint density at radius 2 is 1.47 bits per heavy atom. The molecule has 0 saturated carbocycles. The van der Waals surface area contributed by atoms with Crippen molar-refractivity contribution in [3.05, 3.63) is 101 Å². The first-order chi connectivity index (χ1) is 26.3. The molecule has 5 aromatic rings. The first-order valence-corrected chi connectivity index (χ1v) is 18.2. The Balaban J connectivity index is 1.27. The van der Waals surface area contributed by atoms with Crippen LogP contribution in [0.25, 0.3) is 22.2 Å². The zero-order chi connectivity index (χ0) is 39.0. The highest BCUT2D eigenvalue weighted by Crippen LogP contribution is 2.39. The Morgan fingerprint density at radius 3 is 2.00 bits per heavy atom. The SMILES string of the molecule is COc1ccc(CN(Cc2ccc(OC)cc2)c2cc(C)cc(-c3c(C#N)cc4c(N5CC6CCC(C5)N6C(=O)OC(C)(C)C)nc(F)nc4c3F)n2)cc1. The molecule has 3 aromatic carbocycles. The summed E-state index contributed by atoms with van der Waals surface area (Å²) in [7, 11) is 3.23. The van der Waals surface area contributed by atoms with Crippen LogP contribution in [0.5, 0.6) is 11.5 Å². The first-order valence-electron chi connectivity index (χ1n) is 18.2. The summed E-state index contributed by atoms with van der Waals surface area (Å²) in [6.07, 6.45) is -0.00811. The van der Waals surface area contributed by atoms with Gasteiger partial charge in [-0.1, -0.05) is 24.3 Å². The van der Waals surface area contributed by atoms with Crippen molar-refractivity contribution in [1.29, 1.82) is 5.26 Å². The number of halogens is 2. The van der Waals surface area contributed by atoms with Crippen molar-refractivity contribution in [2.75, 3.05) is 37.1 Å². The minimum atomic E-state index is -1.10. The average Bonchev–Trinajstić information content (AvgIpc) is 3.43. The number of piperazine rings is 1. The van der Waals surface area contributed by atoms with Gasteiger partial charge in [-0.2, -0.15) is 19.6 Å². The number of aryl methyl sites for hydroxylation is 1. The van der Waals surface area contributed by atoms with Crippen molar-refractivity contribution in [3.8, 4) is 28.8 Å². The fourth-order valence-electron chi connectivity index (χ4n) is 7.51. The quantitative estimate of drug-likeness (QED) is 0.138. The first kappa shape index (κ1) is 37.3. The molecular formula is C42H43F2N7O4. The lowest BCUT2D eigenvalue weighted by molar-refractivity contribution is 0.0122. The molecule has 2 bridgehead atoms. The summed E-state index contributed by atoms with van der Waals surface area (Å²) in [4.78, 5) is 31.8. The van der Waals surface area contributed by atoms with Crippen LogP contribution in [0.3, 0.4) is 0 Å². The zero-order valence-electron chi connectivity index (χ0n) is 31.8. The largest absolute Gasteiger partial charge is 0.497 e. The molecule has 2 atom stereocenters. The number of pyridine rings is 1. The molecule has 2 saturated heterocycles. The molecule has 1 amide bonds. The molecule has 4 heterocycles. The van der Waals surface area contributed by atoms with E-state index in [1.54, 1.807) is 25.2 Å². The summed E-state index contributed by atoms with van der Waals surface area (Å²) in [5.41, 5.74) is 2.02. The number of nitrogens with zero attached hydrogens (tertiary/aromatic N) is 7. The molecule has 0 aliphatic carbocycles. The number of hydrogen-bond donors (Lipinski definition) is 0. The van der Waals surface area contributed by atoms with E-state index >= 15 is 8.78 Å². The molecule has 0 radical (unpaired) electrons. The molecule has 0 N–H and O–H groups in total. The highest BCUT2D eigenvalue weighted by molar-refractivity contribution is 5.95. The van der Waals surface area contributed by atoms with Gasteiger partial charge in [-0.25, -0.2) is 14.2 Å². The van der Waals surface area contributed by atoms with Crippen LogP contribution in [-0.2, 0) is 17.8 Å². The number of anilines is 2. The molecular weight excluding hydrogens is 705 g/mol. The Morgan fingerprint density at radius 1 is 0.891 bits per heavy atom. The van der Waals surface area contributed by atoms with Gasteiger partial charge >= 0.3 is 12.2 Å². The molecule has 284 valence electrons. The number of carbonyl (C=O) groups is 1. The smallest absolute Gasteiger partial charge is 0.410 e. The van der Waals surface area contributed by atoms with Crippen LogP contribution in [0.1, 0.15) is 55.9 Å². The molecule has 0 spiro atoms. The van der Waals surface area contributed by atoms with E-state index in [0.29, 0.717) is 32.0 Å². The van der Waals surface area contributed by atoms with E-state index in [9.17, 15) is 10.1 Å². The Labute approximate surface area is 319 Å². The second kappa shape index (κ2) is 15.0. The fourth-order valence-corrected chi connectivity index (χ4v) is 7.51. The third-order valence-electron chi connectivity index (χ3n) is 9.99. The fraction of sp³-hybridized carbons (Fsp3) is 0.357. The van der Waals surface area contributed by atoms with Crippen molar-refractivity contribution >= 4 is 28.6 Å². The second-order valence-corrected chi connectivity index (χ2v) is 15.1. The summed E-state index contributed by atoms with van der Waals surface area (Å²) >= 11 is 0. The van der Waals surface area contributed by atoms with Gasteiger partial charge in [0.1, 0.15) is 34.3 Å². The monoisotopic (exact) mass is 747 g/mol. The topological polar surface area (TPSA) is 117 Å². The molecule has 7 rings (SSSR count). The Hall–Kier alpha value is -6.03. The molecule has 2 aromatic heterocycles. The lowest BCUT2D eigenvalue weighted by Gasteiger charge is -2.42. The minimum absolute atomic E-state index is 0.0118. The van der Waals surface area contributed by atoms with E-state index in [4.69, 9.17) is 19.2 Å². The Kier molecular flexibility index (Phi) is 10.2. The lowest BCUT2D eigenvalue weighted by atomic mass is 9.99. The standard InChI is InChI=1S/C42H43F2N7O4/c1-25-17-34(46-35(18-25)49(21-26-7-13-31(53-5)14-8-26)22-27-9-15-32(54-6)16-10-27)36-28(20-45)19-33-38(37(36)43)47-40(44)48-39(33)50-23-29-11-12-30(24-50)51(29)41(52)55-42(2,3)4/h7-10,13-19,29-30H,11-12,21-24H2,1-6H3. The van der Waals surface area contributed by atoms with Gasteiger partial charge in [0.2, 0.25) is 0 Å². The molecule has 2 unspecified atom stereocenters. The maximum absolute atomic E-state index is 16.9. The summed E-state index contributed by atoms with van der Waals surface area (Å²) in [5, 5.41) is 10.7. The van der Waals surface area contributed by atoms with Crippen molar-refractivity contribution in [2.24, 2.45) is 0 Å². The number of methoxy groups -OCH3 is 2. The molecule has 2 aliphatic rings. The molecule has 55 heavy (non-hydrogen) atoms. The maximum atomic E-state index is 16.9. The van der Waals surface area contributed by atoms with Crippen molar-refractivity contribution in [2.45, 2.75) is 71.3 Å². The lowest BCUT2D eigenvalue weighted by Crippen LogP contribution is -2.57. The summed E-state index contributed by atoms with van der Waals surface area (Å²) in [5.74, 6) is 1.33. The van der Waals surface area contributed by atoms with E-state index in [0.717, 1.165) is 41.0 Å². The minimum Gasteiger partial charge on any atom is -0.497 e. The van der Waals surface area contributed by atoms with Crippen LogP contribution < -0.4 is 19.3 Å². The average molecular weight is 748 g/mol. The Bertz CT molecular complexity index is 2210. The van der Waals surface area contributed by atoms with Gasteiger partial charge in [0.15, 0.2) is 5.82 Å².